The monoisotopic (exact) mass is 226 g/mol. The number of aliphatic hydroxyl groups is 1. The highest BCUT2D eigenvalue weighted by molar-refractivity contribution is 5.03. The van der Waals surface area contributed by atoms with Crippen LogP contribution in [0, 0.1) is 6.92 Å². The standard InChI is InChI=1S/C11H18N2O3/c1-8-7-15-11(6-14)5-13(8)4-10-3-9(2)16-12-10/h3,8,11,14H,4-7H2,1-2H3. The maximum absolute atomic E-state index is 9.08. The molecule has 1 aromatic heterocycles. The Labute approximate surface area is 95.0 Å². The third-order valence-electron chi connectivity index (χ3n) is 2.88. The molecule has 0 bridgehead atoms. The summed E-state index contributed by atoms with van der Waals surface area (Å²) in [7, 11) is 0. The highest BCUT2D eigenvalue weighted by Gasteiger charge is 2.26. The molecule has 90 valence electrons. The lowest BCUT2D eigenvalue weighted by molar-refractivity contribution is -0.0810. The fourth-order valence-corrected chi connectivity index (χ4v) is 1.91. The minimum absolute atomic E-state index is 0.0705. The number of morpholine rings is 1. The van der Waals surface area contributed by atoms with Gasteiger partial charge in [-0.05, 0) is 13.8 Å². The normalized spacial score (nSPS) is 27.2. The van der Waals surface area contributed by atoms with Gasteiger partial charge in [0.2, 0.25) is 0 Å². The molecule has 1 aliphatic heterocycles. The van der Waals surface area contributed by atoms with Crippen molar-refractivity contribution in [2.45, 2.75) is 32.5 Å². The van der Waals surface area contributed by atoms with Gasteiger partial charge in [-0.15, -0.1) is 0 Å². The zero-order valence-corrected chi connectivity index (χ0v) is 9.72. The van der Waals surface area contributed by atoms with E-state index in [-0.39, 0.29) is 12.7 Å². The van der Waals surface area contributed by atoms with Gasteiger partial charge in [0.15, 0.2) is 0 Å². The van der Waals surface area contributed by atoms with E-state index in [2.05, 4.69) is 17.0 Å². The molecule has 1 N–H and O–H groups in total. The molecule has 2 heterocycles. The lowest BCUT2D eigenvalue weighted by atomic mass is 10.2. The maximum Gasteiger partial charge on any atom is 0.133 e. The first-order chi connectivity index (χ1) is 7.69. The molecule has 2 unspecified atom stereocenters. The highest BCUT2D eigenvalue weighted by atomic mass is 16.5. The van der Waals surface area contributed by atoms with Crippen LogP contribution in [-0.4, -0.2) is 47.1 Å². The van der Waals surface area contributed by atoms with Crippen molar-refractivity contribution in [1.29, 1.82) is 0 Å². The molecule has 2 rings (SSSR count). The number of rotatable bonds is 3. The Morgan fingerprint density at radius 1 is 1.62 bits per heavy atom. The summed E-state index contributed by atoms with van der Waals surface area (Å²) in [6.07, 6.45) is -0.0794. The van der Waals surface area contributed by atoms with Gasteiger partial charge >= 0.3 is 0 Å². The second-order valence-electron chi connectivity index (χ2n) is 4.35. The molecule has 0 spiro atoms. The SMILES string of the molecule is Cc1cc(CN2CC(CO)OCC2C)no1. The van der Waals surface area contributed by atoms with Gasteiger partial charge in [0.05, 0.1) is 25.0 Å². The number of hydrogen-bond acceptors (Lipinski definition) is 5. The van der Waals surface area contributed by atoms with E-state index in [0.29, 0.717) is 12.6 Å². The van der Waals surface area contributed by atoms with E-state index in [1.165, 1.54) is 0 Å². The molecule has 0 radical (unpaired) electrons. The lowest BCUT2D eigenvalue weighted by Crippen LogP contribution is -2.48. The van der Waals surface area contributed by atoms with Crippen LogP contribution in [0.1, 0.15) is 18.4 Å². The van der Waals surface area contributed by atoms with Gasteiger partial charge in [-0.2, -0.15) is 0 Å². The van der Waals surface area contributed by atoms with Crippen LogP contribution in [0.4, 0.5) is 0 Å². The first-order valence-corrected chi connectivity index (χ1v) is 5.57. The Morgan fingerprint density at radius 3 is 3.06 bits per heavy atom. The Morgan fingerprint density at radius 2 is 2.44 bits per heavy atom. The smallest absolute Gasteiger partial charge is 0.133 e. The van der Waals surface area contributed by atoms with Crippen molar-refractivity contribution in [3.63, 3.8) is 0 Å². The minimum Gasteiger partial charge on any atom is -0.394 e. The summed E-state index contributed by atoms with van der Waals surface area (Å²) < 4.78 is 10.5. The summed E-state index contributed by atoms with van der Waals surface area (Å²) in [4.78, 5) is 2.25. The third kappa shape index (κ3) is 2.61. The molecule has 1 saturated heterocycles. The van der Waals surface area contributed by atoms with E-state index >= 15 is 0 Å². The van der Waals surface area contributed by atoms with E-state index < -0.39 is 0 Å². The Hall–Kier alpha value is -0.910. The van der Waals surface area contributed by atoms with E-state index in [1.807, 2.05) is 13.0 Å². The number of ether oxygens (including phenoxy) is 1. The summed E-state index contributed by atoms with van der Waals surface area (Å²) in [6, 6.07) is 2.29. The van der Waals surface area contributed by atoms with Crippen LogP contribution in [0.25, 0.3) is 0 Å². The van der Waals surface area contributed by atoms with Crippen molar-refractivity contribution in [1.82, 2.24) is 10.1 Å². The quantitative estimate of drug-likeness (QED) is 0.816. The number of hydrogen-bond donors (Lipinski definition) is 1. The summed E-state index contributed by atoms with van der Waals surface area (Å²) in [5, 5.41) is 13.1. The van der Waals surface area contributed by atoms with Crippen LogP contribution in [0.3, 0.4) is 0 Å². The van der Waals surface area contributed by atoms with Crippen LogP contribution in [0.5, 0.6) is 0 Å². The van der Waals surface area contributed by atoms with Crippen LogP contribution >= 0.6 is 0 Å². The van der Waals surface area contributed by atoms with Gasteiger partial charge in [-0.25, -0.2) is 0 Å². The molecule has 1 aliphatic rings. The fraction of sp³-hybridized carbons (Fsp3) is 0.727. The van der Waals surface area contributed by atoms with E-state index in [1.54, 1.807) is 0 Å². The maximum atomic E-state index is 9.08. The van der Waals surface area contributed by atoms with E-state index in [4.69, 9.17) is 14.4 Å². The number of aromatic nitrogens is 1. The second kappa shape index (κ2) is 4.95. The number of nitrogens with zero attached hydrogens (tertiary/aromatic N) is 2. The third-order valence-corrected chi connectivity index (χ3v) is 2.88. The molecule has 16 heavy (non-hydrogen) atoms. The lowest BCUT2D eigenvalue weighted by Gasteiger charge is -2.36. The van der Waals surface area contributed by atoms with Crippen LogP contribution in [0.2, 0.25) is 0 Å². The van der Waals surface area contributed by atoms with Gasteiger partial charge in [-0.3, -0.25) is 4.90 Å². The van der Waals surface area contributed by atoms with Crippen molar-refractivity contribution in [3.8, 4) is 0 Å². The molecule has 5 nitrogen and oxygen atoms in total. The zero-order chi connectivity index (χ0) is 11.5. The molecule has 1 fully saturated rings. The summed E-state index contributed by atoms with van der Waals surface area (Å²) >= 11 is 0. The topological polar surface area (TPSA) is 58.7 Å². The van der Waals surface area contributed by atoms with Crippen molar-refractivity contribution < 1.29 is 14.4 Å². The predicted octanol–water partition coefficient (Wildman–Crippen LogP) is 0.565. The van der Waals surface area contributed by atoms with Gasteiger partial charge in [-0.1, -0.05) is 5.16 Å². The summed E-state index contributed by atoms with van der Waals surface area (Å²) in [6.45, 7) is 6.21. The van der Waals surface area contributed by atoms with Crippen LogP contribution in [0.15, 0.2) is 10.6 Å². The molecule has 0 aliphatic carbocycles. The van der Waals surface area contributed by atoms with Gasteiger partial charge in [0, 0.05) is 25.2 Å². The number of aryl methyl sites for hydroxylation is 1. The first kappa shape index (κ1) is 11.6. The molecule has 0 amide bonds. The average molecular weight is 226 g/mol. The average Bonchev–Trinajstić information content (AvgIpc) is 2.67. The Balaban J connectivity index is 1.96. The Kier molecular flexibility index (Phi) is 3.58. The summed E-state index contributed by atoms with van der Waals surface area (Å²) in [5.74, 6) is 0.828. The predicted molar refractivity (Wildman–Crippen MR) is 57.9 cm³/mol. The zero-order valence-electron chi connectivity index (χ0n) is 9.72. The first-order valence-electron chi connectivity index (χ1n) is 5.57. The molecular weight excluding hydrogens is 208 g/mol. The second-order valence-corrected chi connectivity index (χ2v) is 4.35. The molecule has 2 atom stereocenters. The van der Waals surface area contributed by atoms with Crippen molar-refractivity contribution in [2.24, 2.45) is 0 Å². The number of aliphatic hydroxyl groups excluding tert-OH is 1. The Bertz CT molecular complexity index is 340. The van der Waals surface area contributed by atoms with Crippen molar-refractivity contribution in [2.75, 3.05) is 19.8 Å². The molecule has 1 aromatic rings. The largest absolute Gasteiger partial charge is 0.394 e. The highest BCUT2D eigenvalue weighted by Crippen LogP contribution is 2.15. The van der Waals surface area contributed by atoms with Gasteiger partial charge in [0.25, 0.3) is 0 Å². The van der Waals surface area contributed by atoms with E-state index in [9.17, 15) is 0 Å². The van der Waals surface area contributed by atoms with Crippen molar-refractivity contribution >= 4 is 0 Å². The van der Waals surface area contributed by atoms with Gasteiger partial charge < -0.3 is 14.4 Å². The minimum atomic E-state index is -0.0794. The van der Waals surface area contributed by atoms with Crippen LogP contribution in [-0.2, 0) is 11.3 Å². The van der Waals surface area contributed by atoms with Crippen molar-refractivity contribution in [3.05, 3.63) is 17.5 Å². The van der Waals surface area contributed by atoms with E-state index in [0.717, 1.165) is 24.5 Å². The molecule has 0 saturated carbocycles. The summed E-state index contributed by atoms with van der Waals surface area (Å²) in [5.41, 5.74) is 0.933. The van der Waals surface area contributed by atoms with Crippen LogP contribution < -0.4 is 0 Å². The fourth-order valence-electron chi connectivity index (χ4n) is 1.91. The molecule has 0 aromatic carbocycles. The van der Waals surface area contributed by atoms with Gasteiger partial charge in [0.1, 0.15) is 5.76 Å². The molecule has 5 heteroatoms. The molecular formula is C11H18N2O3.